The molecule has 2 N–H and O–H groups in total. The van der Waals surface area contributed by atoms with Crippen LogP contribution >= 0.6 is 0 Å². The maximum atomic E-state index is 13.3. The Balaban J connectivity index is 2.62. The maximum Gasteiger partial charge on any atom is 0.224 e. The highest BCUT2D eigenvalue weighted by atomic mass is 19.2. The van der Waals surface area contributed by atoms with E-state index in [4.69, 9.17) is 5.11 Å². The first-order valence-corrected chi connectivity index (χ1v) is 5.78. The molecule has 0 aliphatic carbocycles. The fourth-order valence-electron chi connectivity index (χ4n) is 1.46. The van der Waals surface area contributed by atoms with Gasteiger partial charge in [-0.3, -0.25) is 4.79 Å². The van der Waals surface area contributed by atoms with Crippen LogP contribution in [0.5, 0.6) is 0 Å². The minimum Gasteiger partial charge on any atom is -0.396 e. The van der Waals surface area contributed by atoms with E-state index in [9.17, 15) is 13.6 Å². The molecule has 2 atom stereocenters. The van der Waals surface area contributed by atoms with Crippen LogP contribution in [0, 0.1) is 17.6 Å². The van der Waals surface area contributed by atoms with Crippen molar-refractivity contribution in [2.75, 3.05) is 6.61 Å². The molecule has 0 spiro atoms. The number of carbonyl (C=O) groups excluding carboxylic acids is 1. The molecule has 1 rings (SSSR count). The summed E-state index contributed by atoms with van der Waals surface area (Å²) in [5.41, 5.74) is 0.0244. The Morgan fingerprint density at radius 1 is 1.39 bits per heavy atom. The van der Waals surface area contributed by atoms with Crippen LogP contribution in [0.2, 0.25) is 0 Å². The monoisotopic (exact) mass is 257 g/mol. The van der Waals surface area contributed by atoms with Gasteiger partial charge in [-0.05, 0) is 18.9 Å². The first kappa shape index (κ1) is 14.6. The summed E-state index contributed by atoms with van der Waals surface area (Å²) in [6.07, 6.45) is -0.216. The van der Waals surface area contributed by atoms with E-state index in [-0.39, 0.29) is 30.6 Å². The van der Waals surface area contributed by atoms with Crippen molar-refractivity contribution >= 4 is 5.91 Å². The van der Waals surface area contributed by atoms with Crippen LogP contribution in [-0.4, -0.2) is 23.7 Å². The molecule has 1 amide bonds. The summed E-state index contributed by atoms with van der Waals surface area (Å²) in [6.45, 7) is 3.49. The normalized spacial score (nSPS) is 14.1. The smallest absolute Gasteiger partial charge is 0.224 e. The molecule has 0 heterocycles. The number of benzene rings is 1. The summed E-state index contributed by atoms with van der Waals surface area (Å²) in [4.78, 5) is 11.6. The molecule has 0 aliphatic heterocycles. The number of aliphatic hydroxyl groups is 1. The molecule has 5 heteroatoms. The molecule has 100 valence electrons. The topological polar surface area (TPSA) is 49.3 Å². The van der Waals surface area contributed by atoms with E-state index in [1.54, 1.807) is 13.8 Å². The minimum absolute atomic E-state index is 0.0244. The van der Waals surface area contributed by atoms with Crippen molar-refractivity contribution in [2.24, 2.45) is 5.92 Å². The van der Waals surface area contributed by atoms with Crippen LogP contribution in [0.1, 0.15) is 19.4 Å². The number of rotatable bonds is 5. The molecule has 1 aromatic carbocycles. The SMILES string of the molecule is C[C@H](CO)[C@@H](C)NC(=O)Cc1cccc(F)c1F. The lowest BCUT2D eigenvalue weighted by atomic mass is 10.0. The second-order valence-corrected chi connectivity index (χ2v) is 4.41. The van der Waals surface area contributed by atoms with Gasteiger partial charge in [0, 0.05) is 18.2 Å². The lowest BCUT2D eigenvalue weighted by molar-refractivity contribution is -0.121. The van der Waals surface area contributed by atoms with Gasteiger partial charge in [-0.1, -0.05) is 19.1 Å². The zero-order valence-corrected chi connectivity index (χ0v) is 10.4. The van der Waals surface area contributed by atoms with Gasteiger partial charge in [-0.2, -0.15) is 0 Å². The fourth-order valence-corrected chi connectivity index (χ4v) is 1.46. The summed E-state index contributed by atoms with van der Waals surface area (Å²) in [5.74, 6) is -2.44. The first-order chi connectivity index (χ1) is 8.45. The molecule has 0 unspecified atom stereocenters. The van der Waals surface area contributed by atoms with E-state index in [1.165, 1.54) is 12.1 Å². The quantitative estimate of drug-likeness (QED) is 0.842. The molecular weight excluding hydrogens is 240 g/mol. The molecule has 0 radical (unpaired) electrons. The summed E-state index contributed by atoms with van der Waals surface area (Å²) in [7, 11) is 0. The Hall–Kier alpha value is -1.49. The van der Waals surface area contributed by atoms with Gasteiger partial charge in [0.1, 0.15) is 0 Å². The molecule has 0 saturated heterocycles. The molecule has 18 heavy (non-hydrogen) atoms. The predicted molar refractivity (Wildman–Crippen MR) is 63.9 cm³/mol. The third-order valence-corrected chi connectivity index (χ3v) is 2.91. The molecule has 3 nitrogen and oxygen atoms in total. The van der Waals surface area contributed by atoms with E-state index in [0.29, 0.717) is 0 Å². The molecule has 0 saturated carbocycles. The van der Waals surface area contributed by atoms with Gasteiger partial charge >= 0.3 is 0 Å². The van der Waals surface area contributed by atoms with Crippen molar-refractivity contribution in [3.8, 4) is 0 Å². The van der Waals surface area contributed by atoms with Crippen LogP contribution in [-0.2, 0) is 11.2 Å². The van der Waals surface area contributed by atoms with Crippen LogP contribution in [0.15, 0.2) is 18.2 Å². The standard InChI is InChI=1S/C13H17F2NO2/c1-8(7-17)9(2)16-12(18)6-10-4-3-5-11(14)13(10)15/h3-5,8-9,17H,6-7H2,1-2H3,(H,16,18)/t8-,9-/m1/s1. The number of hydrogen-bond acceptors (Lipinski definition) is 2. The van der Waals surface area contributed by atoms with E-state index in [2.05, 4.69) is 5.32 Å². The van der Waals surface area contributed by atoms with Crippen molar-refractivity contribution < 1.29 is 18.7 Å². The highest BCUT2D eigenvalue weighted by Gasteiger charge is 2.16. The number of halogens is 2. The highest BCUT2D eigenvalue weighted by molar-refractivity contribution is 5.78. The first-order valence-electron chi connectivity index (χ1n) is 5.78. The summed E-state index contributed by atoms with van der Waals surface area (Å²) in [6, 6.07) is 3.52. The minimum atomic E-state index is -0.990. The summed E-state index contributed by atoms with van der Waals surface area (Å²) in [5, 5.41) is 11.6. The van der Waals surface area contributed by atoms with Crippen molar-refractivity contribution in [3.05, 3.63) is 35.4 Å². The second kappa shape index (κ2) is 6.44. The fraction of sp³-hybridized carbons (Fsp3) is 0.462. The molecule has 0 bridgehead atoms. The number of hydrogen-bond donors (Lipinski definition) is 2. The molecule has 0 aliphatic rings. The van der Waals surface area contributed by atoms with Crippen LogP contribution in [0.25, 0.3) is 0 Å². The Bertz CT molecular complexity index is 423. The summed E-state index contributed by atoms with van der Waals surface area (Å²) >= 11 is 0. The Labute approximate surface area is 105 Å². The van der Waals surface area contributed by atoms with Crippen LogP contribution in [0.3, 0.4) is 0 Å². The third kappa shape index (κ3) is 3.77. The number of aliphatic hydroxyl groups excluding tert-OH is 1. The van der Waals surface area contributed by atoms with Gasteiger partial charge in [0.25, 0.3) is 0 Å². The predicted octanol–water partition coefficient (Wildman–Crippen LogP) is 1.64. The molecule has 0 fully saturated rings. The Morgan fingerprint density at radius 2 is 2.06 bits per heavy atom. The summed E-state index contributed by atoms with van der Waals surface area (Å²) < 4.78 is 26.3. The number of nitrogens with one attached hydrogen (secondary N) is 1. The third-order valence-electron chi connectivity index (χ3n) is 2.91. The van der Waals surface area contributed by atoms with E-state index >= 15 is 0 Å². The van der Waals surface area contributed by atoms with Gasteiger partial charge < -0.3 is 10.4 Å². The van der Waals surface area contributed by atoms with Gasteiger partial charge in [0.15, 0.2) is 11.6 Å². The van der Waals surface area contributed by atoms with E-state index in [1.807, 2.05) is 0 Å². The Morgan fingerprint density at radius 3 is 2.67 bits per heavy atom. The largest absolute Gasteiger partial charge is 0.396 e. The number of amides is 1. The Kier molecular flexibility index (Phi) is 5.22. The van der Waals surface area contributed by atoms with Gasteiger partial charge in [0.2, 0.25) is 5.91 Å². The second-order valence-electron chi connectivity index (χ2n) is 4.41. The lowest BCUT2D eigenvalue weighted by Gasteiger charge is -2.19. The van der Waals surface area contributed by atoms with Crippen molar-refractivity contribution in [3.63, 3.8) is 0 Å². The number of carbonyl (C=O) groups is 1. The average molecular weight is 257 g/mol. The van der Waals surface area contributed by atoms with Gasteiger partial charge in [-0.25, -0.2) is 8.78 Å². The van der Waals surface area contributed by atoms with E-state index < -0.39 is 17.5 Å². The zero-order chi connectivity index (χ0) is 13.7. The lowest BCUT2D eigenvalue weighted by Crippen LogP contribution is -2.39. The zero-order valence-electron chi connectivity index (χ0n) is 10.4. The van der Waals surface area contributed by atoms with Crippen molar-refractivity contribution in [2.45, 2.75) is 26.3 Å². The molecule has 1 aromatic rings. The van der Waals surface area contributed by atoms with Crippen molar-refractivity contribution in [1.82, 2.24) is 5.32 Å². The van der Waals surface area contributed by atoms with Gasteiger partial charge in [-0.15, -0.1) is 0 Å². The van der Waals surface area contributed by atoms with Gasteiger partial charge in [0.05, 0.1) is 6.42 Å². The maximum absolute atomic E-state index is 13.3. The van der Waals surface area contributed by atoms with Crippen LogP contribution in [0.4, 0.5) is 8.78 Å². The van der Waals surface area contributed by atoms with E-state index in [0.717, 1.165) is 6.07 Å². The molecule has 0 aromatic heterocycles. The highest BCUT2D eigenvalue weighted by Crippen LogP contribution is 2.12. The van der Waals surface area contributed by atoms with Crippen LogP contribution < -0.4 is 5.32 Å². The van der Waals surface area contributed by atoms with Crippen molar-refractivity contribution in [1.29, 1.82) is 0 Å². The molecular formula is C13H17F2NO2. The average Bonchev–Trinajstić information content (AvgIpc) is 2.33.